The third kappa shape index (κ3) is 2.16. The summed E-state index contributed by atoms with van der Waals surface area (Å²) in [5.41, 5.74) is 0. The van der Waals surface area contributed by atoms with Crippen LogP contribution in [-0.4, -0.2) is 31.2 Å². The highest BCUT2D eigenvalue weighted by Crippen LogP contribution is 2.31. The number of anilines is 1. The van der Waals surface area contributed by atoms with E-state index in [9.17, 15) is 0 Å². The Labute approximate surface area is 112 Å². The molecule has 3 nitrogen and oxygen atoms in total. The van der Waals surface area contributed by atoms with Crippen LogP contribution in [-0.2, 0) is 0 Å². The second-order valence-electron chi connectivity index (χ2n) is 4.56. The fourth-order valence-electron chi connectivity index (χ4n) is 2.47. The van der Waals surface area contributed by atoms with E-state index < -0.39 is 0 Å². The molecule has 1 aliphatic heterocycles. The van der Waals surface area contributed by atoms with Crippen molar-refractivity contribution in [1.29, 1.82) is 0 Å². The zero-order valence-corrected chi connectivity index (χ0v) is 11.0. The molecule has 0 bridgehead atoms. The molecule has 1 N–H and O–H groups in total. The highest BCUT2D eigenvalue weighted by atomic mass is 35.5. The summed E-state index contributed by atoms with van der Waals surface area (Å²) < 4.78 is 0. The lowest BCUT2D eigenvalue weighted by Crippen LogP contribution is -2.28. The van der Waals surface area contributed by atoms with Crippen LogP contribution in [0.1, 0.15) is 6.42 Å². The molecule has 2 aromatic rings. The Hall–Kier alpha value is -1.32. The third-order valence-corrected chi connectivity index (χ3v) is 3.67. The van der Waals surface area contributed by atoms with Crippen molar-refractivity contribution in [1.82, 2.24) is 10.3 Å². The number of fused-ring (bicyclic) bond motifs is 1. The van der Waals surface area contributed by atoms with Gasteiger partial charge in [0.05, 0.1) is 5.02 Å². The van der Waals surface area contributed by atoms with Gasteiger partial charge < -0.3 is 10.2 Å². The summed E-state index contributed by atoms with van der Waals surface area (Å²) in [6, 6.07) is 8.02. The van der Waals surface area contributed by atoms with E-state index in [1.54, 1.807) is 0 Å². The van der Waals surface area contributed by atoms with Crippen molar-refractivity contribution in [3.8, 4) is 0 Å². The number of hydrogen-bond donors (Lipinski definition) is 1. The van der Waals surface area contributed by atoms with Gasteiger partial charge in [-0.05, 0) is 30.5 Å². The van der Waals surface area contributed by atoms with Crippen LogP contribution in [0.4, 0.5) is 5.82 Å². The second-order valence-corrected chi connectivity index (χ2v) is 4.97. The van der Waals surface area contributed by atoms with Crippen molar-refractivity contribution in [3.63, 3.8) is 0 Å². The highest BCUT2D eigenvalue weighted by molar-refractivity contribution is 6.36. The maximum atomic E-state index is 6.34. The maximum Gasteiger partial charge on any atom is 0.137 e. The topological polar surface area (TPSA) is 28.2 Å². The Morgan fingerprint density at radius 1 is 1.17 bits per heavy atom. The van der Waals surface area contributed by atoms with Crippen LogP contribution in [0, 0.1) is 0 Å². The van der Waals surface area contributed by atoms with Gasteiger partial charge >= 0.3 is 0 Å². The van der Waals surface area contributed by atoms with Crippen molar-refractivity contribution in [2.45, 2.75) is 6.42 Å². The summed E-state index contributed by atoms with van der Waals surface area (Å²) in [5.74, 6) is 1.02. The van der Waals surface area contributed by atoms with Crippen molar-refractivity contribution in [3.05, 3.63) is 35.5 Å². The van der Waals surface area contributed by atoms with E-state index in [0.717, 1.165) is 54.2 Å². The van der Waals surface area contributed by atoms with Gasteiger partial charge in [0.15, 0.2) is 0 Å². The van der Waals surface area contributed by atoms with Gasteiger partial charge in [-0.3, -0.25) is 0 Å². The molecule has 1 saturated heterocycles. The molecule has 1 aliphatic rings. The largest absolute Gasteiger partial charge is 0.355 e. The first-order valence-corrected chi connectivity index (χ1v) is 6.73. The Kier molecular flexibility index (Phi) is 3.35. The molecular weight excluding hydrogens is 246 g/mol. The van der Waals surface area contributed by atoms with Crippen LogP contribution < -0.4 is 10.2 Å². The van der Waals surface area contributed by atoms with Gasteiger partial charge in [-0.15, -0.1) is 0 Å². The Bertz CT molecular complexity index is 542. The number of pyridine rings is 1. The van der Waals surface area contributed by atoms with Gasteiger partial charge in [0.25, 0.3) is 0 Å². The lowest BCUT2D eigenvalue weighted by molar-refractivity contribution is 0.724. The summed E-state index contributed by atoms with van der Waals surface area (Å²) in [7, 11) is 0. The quantitative estimate of drug-likeness (QED) is 0.856. The first kappa shape index (κ1) is 11.8. The number of benzene rings is 1. The summed E-state index contributed by atoms with van der Waals surface area (Å²) in [5, 5.41) is 6.42. The minimum absolute atomic E-state index is 0.785. The summed E-state index contributed by atoms with van der Waals surface area (Å²) in [4.78, 5) is 6.87. The SMILES string of the molecule is Clc1cccc2ccnc(N3CCCNCC3)c12. The molecule has 0 saturated carbocycles. The summed E-state index contributed by atoms with van der Waals surface area (Å²) in [6.07, 6.45) is 3.01. The van der Waals surface area contributed by atoms with E-state index in [4.69, 9.17) is 11.6 Å². The van der Waals surface area contributed by atoms with E-state index in [-0.39, 0.29) is 0 Å². The molecule has 0 radical (unpaired) electrons. The van der Waals surface area contributed by atoms with Gasteiger partial charge in [0.1, 0.15) is 5.82 Å². The molecule has 0 atom stereocenters. The van der Waals surface area contributed by atoms with Gasteiger partial charge in [-0.2, -0.15) is 0 Å². The van der Waals surface area contributed by atoms with Crippen molar-refractivity contribution >= 4 is 28.2 Å². The average molecular weight is 262 g/mol. The van der Waals surface area contributed by atoms with Crippen molar-refractivity contribution < 1.29 is 0 Å². The molecule has 3 rings (SSSR count). The standard InChI is InChI=1S/C14H16ClN3/c15-12-4-1-3-11-5-7-17-14(13(11)12)18-9-2-6-16-8-10-18/h1,3-5,7,16H,2,6,8-10H2. The number of rotatable bonds is 1. The smallest absolute Gasteiger partial charge is 0.137 e. The lowest BCUT2D eigenvalue weighted by atomic mass is 10.1. The number of aromatic nitrogens is 1. The van der Waals surface area contributed by atoms with E-state index in [2.05, 4.69) is 21.3 Å². The monoisotopic (exact) mass is 261 g/mol. The van der Waals surface area contributed by atoms with Crippen LogP contribution >= 0.6 is 11.6 Å². The van der Waals surface area contributed by atoms with Crippen LogP contribution in [0.3, 0.4) is 0 Å². The zero-order chi connectivity index (χ0) is 12.4. The van der Waals surface area contributed by atoms with Gasteiger partial charge in [-0.25, -0.2) is 4.98 Å². The molecule has 2 heterocycles. The second kappa shape index (κ2) is 5.12. The Morgan fingerprint density at radius 3 is 3.06 bits per heavy atom. The van der Waals surface area contributed by atoms with Crippen LogP contribution in [0.15, 0.2) is 30.5 Å². The van der Waals surface area contributed by atoms with Crippen LogP contribution in [0.2, 0.25) is 5.02 Å². The molecule has 94 valence electrons. The Balaban J connectivity index is 2.10. The van der Waals surface area contributed by atoms with E-state index in [1.807, 2.05) is 24.4 Å². The van der Waals surface area contributed by atoms with Crippen molar-refractivity contribution in [2.75, 3.05) is 31.1 Å². The molecular formula is C14H16ClN3. The normalized spacial score (nSPS) is 16.8. The highest BCUT2D eigenvalue weighted by Gasteiger charge is 2.15. The molecule has 18 heavy (non-hydrogen) atoms. The molecule has 0 aliphatic carbocycles. The third-order valence-electron chi connectivity index (χ3n) is 3.36. The molecule has 1 aromatic carbocycles. The predicted octanol–water partition coefficient (Wildman–Crippen LogP) is 2.69. The predicted molar refractivity (Wildman–Crippen MR) is 76.5 cm³/mol. The maximum absolute atomic E-state index is 6.34. The molecule has 1 fully saturated rings. The van der Waals surface area contributed by atoms with E-state index in [0.29, 0.717) is 0 Å². The molecule has 0 amide bonds. The number of nitrogens with one attached hydrogen (secondary N) is 1. The van der Waals surface area contributed by atoms with Crippen LogP contribution in [0.25, 0.3) is 10.8 Å². The average Bonchev–Trinajstić information content (AvgIpc) is 2.67. The minimum atomic E-state index is 0.785. The lowest BCUT2D eigenvalue weighted by Gasteiger charge is -2.23. The minimum Gasteiger partial charge on any atom is -0.355 e. The Morgan fingerprint density at radius 2 is 2.11 bits per heavy atom. The fraction of sp³-hybridized carbons (Fsp3) is 0.357. The first-order chi connectivity index (χ1) is 8.86. The van der Waals surface area contributed by atoms with E-state index in [1.165, 1.54) is 0 Å². The number of halogens is 1. The van der Waals surface area contributed by atoms with Crippen LogP contribution in [0.5, 0.6) is 0 Å². The van der Waals surface area contributed by atoms with Crippen molar-refractivity contribution in [2.24, 2.45) is 0 Å². The summed E-state index contributed by atoms with van der Waals surface area (Å²) >= 11 is 6.34. The zero-order valence-electron chi connectivity index (χ0n) is 10.2. The van der Waals surface area contributed by atoms with Gasteiger partial charge in [-0.1, -0.05) is 23.7 Å². The first-order valence-electron chi connectivity index (χ1n) is 6.35. The van der Waals surface area contributed by atoms with Gasteiger partial charge in [0, 0.05) is 31.2 Å². The summed E-state index contributed by atoms with van der Waals surface area (Å²) in [6.45, 7) is 4.10. The molecule has 0 spiro atoms. The van der Waals surface area contributed by atoms with E-state index >= 15 is 0 Å². The number of hydrogen-bond acceptors (Lipinski definition) is 3. The molecule has 1 aromatic heterocycles. The molecule has 4 heteroatoms. The number of nitrogens with zero attached hydrogens (tertiary/aromatic N) is 2. The fourth-order valence-corrected chi connectivity index (χ4v) is 2.73. The van der Waals surface area contributed by atoms with Gasteiger partial charge in [0.2, 0.25) is 0 Å². The molecule has 0 unspecified atom stereocenters.